The number of esters is 1. The Morgan fingerprint density at radius 2 is 1.70 bits per heavy atom. The number of aliphatic hydroxyl groups excluding tert-OH is 1. The van der Waals surface area contributed by atoms with Gasteiger partial charge in [-0.25, -0.2) is 4.79 Å². The Morgan fingerprint density at radius 3 is 2.35 bits per heavy atom. The van der Waals surface area contributed by atoms with Crippen molar-refractivity contribution in [3.8, 4) is 0 Å². The predicted molar refractivity (Wildman–Crippen MR) is 81.4 cm³/mol. The molecule has 20 heavy (non-hydrogen) atoms. The lowest BCUT2D eigenvalue weighted by Crippen LogP contribution is -2.27. The van der Waals surface area contributed by atoms with Gasteiger partial charge in [0.1, 0.15) is 6.61 Å². The second-order valence-electron chi connectivity index (χ2n) is 5.53. The molecule has 0 saturated carbocycles. The van der Waals surface area contributed by atoms with Crippen LogP contribution in [0.4, 0.5) is 0 Å². The van der Waals surface area contributed by atoms with Crippen LogP contribution in [-0.4, -0.2) is 23.8 Å². The van der Waals surface area contributed by atoms with Crippen molar-refractivity contribution >= 4 is 5.97 Å². The number of cyclic esters (lactones) is 1. The molecule has 1 heterocycles. The third-order valence-corrected chi connectivity index (χ3v) is 3.63. The van der Waals surface area contributed by atoms with Gasteiger partial charge in [0.25, 0.3) is 0 Å². The smallest absolute Gasteiger partial charge is 0.333 e. The summed E-state index contributed by atoms with van der Waals surface area (Å²) in [5.74, 6) is -0.252. The van der Waals surface area contributed by atoms with Crippen molar-refractivity contribution in [2.45, 2.75) is 70.3 Å². The fraction of sp³-hybridized carbons (Fsp3) is 0.706. The number of hydrogen-bond acceptors (Lipinski definition) is 3. The Bertz CT molecular complexity index is 320. The van der Waals surface area contributed by atoms with Gasteiger partial charge in [-0.1, -0.05) is 44.3 Å². The van der Waals surface area contributed by atoms with Crippen LogP contribution in [0.1, 0.15) is 64.2 Å². The largest absolute Gasteiger partial charge is 0.460 e. The molecule has 1 fully saturated rings. The summed E-state index contributed by atoms with van der Waals surface area (Å²) in [6.45, 7) is 3.86. The molecule has 0 unspecified atom stereocenters. The van der Waals surface area contributed by atoms with E-state index in [-0.39, 0.29) is 12.6 Å². The van der Waals surface area contributed by atoms with Crippen LogP contribution in [0.25, 0.3) is 0 Å². The topological polar surface area (TPSA) is 46.5 Å². The van der Waals surface area contributed by atoms with Crippen molar-refractivity contribution in [3.63, 3.8) is 0 Å². The maximum absolute atomic E-state index is 11.4. The summed E-state index contributed by atoms with van der Waals surface area (Å²) in [6.07, 6.45) is 14.7. The Morgan fingerprint density at radius 1 is 1.10 bits per heavy atom. The first-order chi connectivity index (χ1) is 9.74. The van der Waals surface area contributed by atoms with Gasteiger partial charge in [-0.3, -0.25) is 0 Å². The molecule has 3 heteroatoms. The van der Waals surface area contributed by atoms with Crippen molar-refractivity contribution in [1.82, 2.24) is 0 Å². The van der Waals surface area contributed by atoms with Gasteiger partial charge in [0.05, 0.1) is 6.10 Å². The van der Waals surface area contributed by atoms with E-state index in [1.165, 1.54) is 38.5 Å². The first-order valence-corrected chi connectivity index (χ1v) is 7.89. The number of rotatable bonds is 10. The van der Waals surface area contributed by atoms with E-state index >= 15 is 0 Å². The molecule has 0 radical (unpaired) electrons. The summed E-state index contributed by atoms with van der Waals surface area (Å²) in [4.78, 5) is 11.4. The highest BCUT2D eigenvalue weighted by molar-refractivity contribution is 5.89. The Kier molecular flexibility index (Phi) is 9.05. The Balaban J connectivity index is 1.98. The van der Waals surface area contributed by atoms with Gasteiger partial charge in [-0.05, 0) is 25.7 Å². The molecule has 1 aliphatic heterocycles. The lowest BCUT2D eigenvalue weighted by Gasteiger charge is -2.19. The Hall–Kier alpha value is -1.09. The van der Waals surface area contributed by atoms with Gasteiger partial charge < -0.3 is 9.84 Å². The standard InChI is InChI=1S/C17H28O3/c1-2-3-4-5-6-7-8-9-10-11-12-15-13-16(18)14-20-17(15)19/h2,12,16,18H,1,3-11,13-14H2/b15-12+/t16-/m0/s1. The highest BCUT2D eigenvalue weighted by Gasteiger charge is 2.22. The average molecular weight is 280 g/mol. The first kappa shape index (κ1) is 17.0. The fourth-order valence-electron chi connectivity index (χ4n) is 2.42. The summed E-state index contributed by atoms with van der Waals surface area (Å²) in [5.41, 5.74) is 0.646. The quantitative estimate of drug-likeness (QED) is 0.285. The van der Waals surface area contributed by atoms with Crippen LogP contribution in [0.15, 0.2) is 24.3 Å². The molecule has 0 bridgehead atoms. The van der Waals surface area contributed by atoms with E-state index in [0.717, 1.165) is 19.3 Å². The summed E-state index contributed by atoms with van der Waals surface area (Å²) in [5, 5.41) is 9.43. The van der Waals surface area contributed by atoms with Crippen LogP contribution in [0.3, 0.4) is 0 Å². The van der Waals surface area contributed by atoms with E-state index in [1.54, 1.807) is 0 Å². The van der Waals surface area contributed by atoms with Crippen molar-refractivity contribution in [3.05, 3.63) is 24.3 Å². The third kappa shape index (κ3) is 7.49. The molecule has 0 spiro atoms. The zero-order valence-corrected chi connectivity index (χ0v) is 12.5. The lowest BCUT2D eigenvalue weighted by atomic mass is 10.0. The SMILES string of the molecule is C=CCCCCCCCCC/C=C1\C[C@H](O)COC1=O. The highest BCUT2D eigenvalue weighted by atomic mass is 16.5. The maximum Gasteiger partial charge on any atom is 0.333 e. The van der Waals surface area contributed by atoms with Crippen LogP contribution in [0, 0.1) is 0 Å². The second kappa shape index (κ2) is 10.7. The van der Waals surface area contributed by atoms with Gasteiger partial charge in [-0.2, -0.15) is 0 Å². The zero-order valence-electron chi connectivity index (χ0n) is 12.5. The van der Waals surface area contributed by atoms with E-state index in [4.69, 9.17) is 4.74 Å². The number of hydrogen-bond donors (Lipinski definition) is 1. The minimum atomic E-state index is -0.519. The third-order valence-electron chi connectivity index (χ3n) is 3.63. The summed E-state index contributed by atoms with van der Waals surface area (Å²) in [7, 11) is 0. The number of ether oxygens (including phenoxy) is 1. The first-order valence-electron chi connectivity index (χ1n) is 7.89. The summed E-state index contributed by atoms with van der Waals surface area (Å²) in [6, 6.07) is 0. The van der Waals surface area contributed by atoms with Gasteiger partial charge in [0.15, 0.2) is 0 Å². The average Bonchev–Trinajstić information content (AvgIpc) is 2.44. The molecule has 1 rings (SSSR count). The van der Waals surface area contributed by atoms with Crippen molar-refractivity contribution in [2.24, 2.45) is 0 Å². The summed E-state index contributed by atoms with van der Waals surface area (Å²) < 4.78 is 4.88. The number of allylic oxidation sites excluding steroid dienone is 2. The van der Waals surface area contributed by atoms with Crippen LogP contribution >= 0.6 is 0 Å². The van der Waals surface area contributed by atoms with Gasteiger partial charge in [0, 0.05) is 12.0 Å². The normalized spacial score (nSPS) is 20.9. The Labute approximate surface area is 122 Å². The highest BCUT2D eigenvalue weighted by Crippen LogP contribution is 2.17. The van der Waals surface area contributed by atoms with E-state index < -0.39 is 6.10 Å². The van der Waals surface area contributed by atoms with Crippen LogP contribution < -0.4 is 0 Å². The molecule has 0 amide bonds. The number of unbranched alkanes of at least 4 members (excludes halogenated alkanes) is 8. The molecule has 3 nitrogen and oxygen atoms in total. The van der Waals surface area contributed by atoms with E-state index in [1.807, 2.05) is 12.2 Å². The molecule has 0 aliphatic carbocycles. The molecule has 0 aromatic carbocycles. The summed E-state index contributed by atoms with van der Waals surface area (Å²) >= 11 is 0. The molecule has 0 aromatic heterocycles. The maximum atomic E-state index is 11.4. The fourth-order valence-corrected chi connectivity index (χ4v) is 2.42. The van der Waals surface area contributed by atoms with Gasteiger partial charge in [-0.15, -0.1) is 6.58 Å². The molecule has 114 valence electrons. The molecule has 1 N–H and O–H groups in total. The minimum absolute atomic E-state index is 0.141. The van der Waals surface area contributed by atoms with E-state index in [2.05, 4.69) is 6.58 Å². The molecule has 1 aliphatic rings. The zero-order chi connectivity index (χ0) is 14.6. The van der Waals surface area contributed by atoms with E-state index in [9.17, 15) is 9.90 Å². The second-order valence-corrected chi connectivity index (χ2v) is 5.53. The van der Waals surface area contributed by atoms with Crippen LogP contribution in [0.5, 0.6) is 0 Å². The van der Waals surface area contributed by atoms with Crippen molar-refractivity contribution in [1.29, 1.82) is 0 Å². The number of carbonyl (C=O) groups is 1. The van der Waals surface area contributed by atoms with Gasteiger partial charge >= 0.3 is 5.97 Å². The lowest BCUT2D eigenvalue weighted by molar-refractivity contribution is -0.146. The van der Waals surface area contributed by atoms with Crippen LogP contribution in [0.2, 0.25) is 0 Å². The molecular weight excluding hydrogens is 252 g/mol. The van der Waals surface area contributed by atoms with E-state index in [0.29, 0.717) is 12.0 Å². The molecule has 1 saturated heterocycles. The van der Waals surface area contributed by atoms with Crippen molar-refractivity contribution < 1.29 is 14.6 Å². The van der Waals surface area contributed by atoms with Gasteiger partial charge in [0.2, 0.25) is 0 Å². The van der Waals surface area contributed by atoms with Crippen molar-refractivity contribution in [2.75, 3.05) is 6.61 Å². The molecular formula is C17H28O3. The van der Waals surface area contributed by atoms with Crippen LogP contribution in [-0.2, 0) is 9.53 Å². The molecule has 0 aromatic rings. The monoisotopic (exact) mass is 280 g/mol. The molecule has 1 atom stereocenters. The predicted octanol–water partition coefficient (Wildman–Crippen LogP) is 3.92. The number of carbonyl (C=O) groups excluding carboxylic acids is 1. The number of aliphatic hydroxyl groups is 1. The minimum Gasteiger partial charge on any atom is -0.460 e.